The van der Waals surface area contributed by atoms with Crippen LogP contribution in [-0.2, 0) is 17.8 Å². The fourth-order valence-corrected chi connectivity index (χ4v) is 1.68. The van der Waals surface area contributed by atoms with Crippen molar-refractivity contribution in [1.29, 1.82) is 0 Å². The summed E-state index contributed by atoms with van der Waals surface area (Å²) in [5.74, 6) is -0.143. The molecule has 15 heavy (non-hydrogen) atoms. The Morgan fingerprint density at radius 3 is 2.87 bits per heavy atom. The number of carbonyl (C=O) groups is 1. The number of hydrogen-bond donors (Lipinski definition) is 2. The predicted molar refractivity (Wildman–Crippen MR) is 64.2 cm³/mol. The Labute approximate surface area is 99.7 Å². The Kier molecular flexibility index (Phi) is 6.47. The second-order valence-corrected chi connectivity index (χ2v) is 4.04. The van der Waals surface area contributed by atoms with Crippen LogP contribution in [0, 0.1) is 0 Å². The Balaban J connectivity index is 0.00000196. The molecule has 1 heterocycles. The second-order valence-electron chi connectivity index (χ2n) is 3.09. The van der Waals surface area contributed by atoms with E-state index in [0.717, 1.165) is 17.1 Å². The number of amides is 1. The molecule has 0 aliphatic rings. The van der Waals surface area contributed by atoms with Crippen molar-refractivity contribution in [3.63, 3.8) is 0 Å². The van der Waals surface area contributed by atoms with Gasteiger partial charge >= 0.3 is 0 Å². The molecule has 4 nitrogen and oxygen atoms in total. The number of aromatic nitrogens is 1. The fourth-order valence-electron chi connectivity index (χ4n) is 0.931. The van der Waals surface area contributed by atoms with E-state index < -0.39 is 6.04 Å². The molecule has 6 heteroatoms. The highest BCUT2D eigenvalue weighted by Crippen LogP contribution is 2.09. The summed E-state index contributed by atoms with van der Waals surface area (Å²) >= 11 is 1.62. The Morgan fingerprint density at radius 1 is 1.73 bits per heavy atom. The molecular formula is C9H16ClN3OS. The maximum atomic E-state index is 11.1. The second kappa shape index (κ2) is 6.76. The van der Waals surface area contributed by atoms with Crippen molar-refractivity contribution in [3.05, 3.63) is 16.1 Å². The van der Waals surface area contributed by atoms with Gasteiger partial charge in [0, 0.05) is 5.38 Å². The van der Waals surface area contributed by atoms with Crippen LogP contribution in [0.25, 0.3) is 0 Å². The SMILES string of the molecule is CCc1nc(CNC(=O)C(C)N)cs1.Cl. The lowest BCUT2D eigenvalue weighted by molar-refractivity contribution is -0.122. The highest BCUT2D eigenvalue weighted by Gasteiger charge is 2.07. The number of aryl methyl sites for hydroxylation is 1. The van der Waals surface area contributed by atoms with Gasteiger partial charge in [-0.1, -0.05) is 6.92 Å². The van der Waals surface area contributed by atoms with Crippen LogP contribution in [0.3, 0.4) is 0 Å². The van der Waals surface area contributed by atoms with Gasteiger partial charge in [0.05, 0.1) is 23.3 Å². The molecule has 0 bridgehead atoms. The van der Waals surface area contributed by atoms with Gasteiger partial charge in [-0.25, -0.2) is 4.98 Å². The summed E-state index contributed by atoms with van der Waals surface area (Å²) in [6.07, 6.45) is 0.936. The number of nitrogens with one attached hydrogen (secondary N) is 1. The molecule has 1 unspecified atom stereocenters. The van der Waals surface area contributed by atoms with Crippen LogP contribution < -0.4 is 11.1 Å². The molecule has 0 aliphatic heterocycles. The molecule has 0 aliphatic carbocycles. The third kappa shape index (κ3) is 4.59. The van der Waals surface area contributed by atoms with Crippen LogP contribution in [0.5, 0.6) is 0 Å². The molecule has 0 fully saturated rings. The molecular weight excluding hydrogens is 234 g/mol. The van der Waals surface area contributed by atoms with E-state index in [0.29, 0.717) is 6.54 Å². The van der Waals surface area contributed by atoms with Gasteiger partial charge in [-0.3, -0.25) is 4.79 Å². The summed E-state index contributed by atoms with van der Waals surface area (Å²) < 4.78 is 0. The Bertz CT molecular complexity index is 314. The van der Waals surface area contributed by atoms with Gasteiger partial charge < -0.3 is 11.1 Å². The zero-order valence-corrected chi connectivity index (χ0v) is 10.5. The van der Waals surface area contributed by atoms with E-state index in [1.54, 1.807) is 18.3 Å². The molecule has 0 radical (unpaired) electrons. The summed E-state index contributed by atoms with van der Waals surface area (Å²) in [5, 5.41) is 5.77. The highest BCUT2D eigenvalue weighted by atomic mass is 35.5. The van der Waals surface area contributed by atoms with Crippen LogP contribution in [-0.4, -0.2) is 16.9 Å². The van der Waals surface area contributed by atoms with Crippen molar-refractivity contribution in [2.75, 3.05) is 0 Å². The van der Waals surface area contributed by atoms with E-state index in [1.165, 1.54) is 0 Å². The van der Waals surface area contributed by atoms with Crippen LogP contribution in [0.4, 0.5) is 0 Å². The summed E-state index contributed by atoms with van der Waals surface area (Å²) in [4.78, 5) is 15.5. The van der Waals surface area contributed by atoms with E-state index in [2.05, 4.69) is 17.2 Å². The van der Waals surface area contributed by atoms with Gasteiger partial charge in [-0.2, -0.15) is 0 Å². The molecule has 0 spiro atoms. The molecule has 1 atom stereocenters. The standard InChI is InChI=1S/C9H15N3OS.ClH/c1-3-8-12-7(5-14-8)4-11-9(13)6(2)10;/h5-6H,3-4,10H2,1-2H3,(H,11,13);1H. The molecule has 0 saturated carbocycles. The van der Waals surface area contributed by atoms with Gasteiger partial charge in [0.15, 0.2) is 0 Å². The van der Waals surface area contributed by atoms with Crippen LogP contribution >= 0.6 is 23.7 Å². The average Bonchev–Trinajstić information content (AvgIpc) is 2.61. The minimum atomic E-state index is -0.459. The Morgan fingerprint density at radius 2 is 2.40 bits per heavy atom. The van der Waals surface area contributed by atoms with E-state index in [-0.39, 0.29) is 18.3 Å². The Hall–Kier alpha value is -0.650. The first-order valence-electron chi connectivity index (χ1n) is 4.60. The minimum Gasteiger partial charge on any atom is -0.349 e. The molecule has 86 valence electrons. The third-order valence-electron chi connectivity index (χ3n) is 1.76. The van der Waals surface area contributed by atoms with E-state index in [9.17, 15) is 4.79 Å². The number of nitrogens with zero attached hydrogens (tertiary/aromatic N) is 1. The lowest BCUT2D eigenvalue weighted by Crippen LogP contribution is -2.37. The molecule has 0 aromatic carbocycles. The van der Waals surface area contributed by atoms with Crippen molar-refractivity contribution in [2.45, 2.75) is 32.9 Å². The molecule has 1 amide bonds. The predicted octanol–water partition coefficient (Wildman–Crippen LogP) is 1.09. The fraction of sp³-hybridized carbons (Fsp3) is 0.556. The zero-order chi connectivity index (χ0) is 10.6. The molecule has 3 N–H and O–H groups in total. The smallest absolute Gasteiger partial charge is 0.236 e. The van der Waals surface area contributed by atoms with Crippen LogP contribution in [0.15, 0.2) is 5.38 Å². The number of nitrogens with two attached hydrogens (primary N) is 1. The number of hydrogen-bond acceptors (Lipinski definition) is 4. The molecule has 1 rings (SSSR count). The number of carbonyl (C=O) groups excluding carboxylic acids is 1. The number of rotatable bonds is 4. The van der Waals surface area contributed by atoms with Crippen molar-refractivity contribution in [1.82, 2.24) is 10.3 Å². The van der Waals surface area contributed by atoms with Crippen molar-refractivity contribution < 1.29 is 4.79 Å². The largest absolute Gasteiger partial charge is 0.349 e. The lowest BCUT2D eigenvalue weighted by Gasteiger charge is -2.05. The zero-order valence-electron chi connectivity index (χ0n) is 8.82. The summed E-state index contributed by atoms with van der Waals surface area (Å²) in [6, 6.07) is -0.459. The maximum Gasteiger partial charge on any atom is 0.236 e. The van der Waals surface area contributed by atoms with Gasteiger partial charge in [0.1, 0.15) is 0 Å². The number of thiazole rings is 1. The van der Waals surface area contributed by atoms with E-state index in [4.69, 9.17) is 5.73 Å². The highest BCUT2D eigenvalue weighted by molar-refractivity contribution is 7.09. The van der Waals surface area contributed by atoms with E-state index in [1.807, 2.05) is 5.38 Å². The first-order chi connectivity index (χ1) is 6.63. The topological polar surface area (TPSA) is 68.0 Å². The average molecular weight is 250 g/mol. The van der Waals surface area contributed by atoms with Gasteiger partial charge in [-0.05, 0) is 13.3 Å². The maximum absolute atomic E-state index is 11.1. The van der Waals surface area contributed by atoms with Gasteiger partial charge in [0.25, 0.3) is 0 Å². The van der Waals surface area contributed by atoms with Gasteiger partial charge in [-0.15, -0.1) is 23.7 Å². The lowest BCUT2D eigenvalue weighted by atomic mass is 10.3. The minimum absolute atomic E-state index is 0. The summed E-state index contributed by atoms with van der Waals surface area (Å²) in [6.45, 7) is 4.19. The number of halogens is 1. The first-order valence-corrected chi connectivity index (χ1v) is 5.48. The monoisotopic (exact) mass is 249 g/mol. The van der Waals surface area contributed by atoms with Gasteiger partial charge in [0.2, 0.25) is 5.91 Å². The van der Waals surface area contributed by atoms with E-state index >= 15 is 0 Å². The van der Waals surface area contributed by atoms with Crippen molar-refractivity contribution in [3.8, 4) is 0 Å². The van der Waals surface area contributed by atoms with Crippen LogP contribution in [0.1, 0.15) is 24.5 Å². The first kappa shape index (κ1) is 14.3. The summed E-state index contributed by atoms with van der Waals surface area (Å²) in [7, 11) is 0. The molecule has 1 aromatic heterocycles. The van der Waals surface area contributed by atoms with Crippen molar-refractivity contribution in [2.24, 2.45) is 5.73 Å². The van der Waals surface area contributed by atoms with Crippen LogP contribution in [0.2, 0.25) is 0 Å². The quantitative estimate of drug-likeness (QED) is 0.840. The third-order valence-corrected chi connectivity index (χ3v) is 2.80. The van der Waals surface area contributed by atoms with Crippen molar-refractivity contribution >= 4 is 29.7 Å². The molecule has 0 saturated heterocycles. The molecule has 1 aromatic rings. The summed E-state index contributed by atoms with van der Waals surface area (Å²) in [5.41, 5.74) is 6.31. The normalized spacial score (nSPS) is 11.7.